The van der Waals surface area contributed by atoms with Gasteiger partial charge in [-0.1, -0.05) is 18.2 Å². The number of hydrogen-bond acceptors (Lipinski definition) is 8. The van der Waals surface area contributed by atoms with Crippen LogP contribution in [0.4, 0.5) is 17.7 Å². The van der Waals surface area contributed by atoms with Crippen molar-refractivity contribution in [3.63, 3.8) is 0 Å². The van der Waals surface area contributed by atoms with Gasteiger partial charge in [0.05, 0.1) is 17.2 Å². The first-order valence-electron chi connectivity index (χ1n) is 10.6. The van der Waals surface area contributed by atoms with Crippen LogP contribution in [-0.2, 0) is 0 Å². The molecule has 0 spiro atoms. The normalized spacial score (nSPS) is 10.9. The minimum absolute atomic E-state index is 0.121. The number of nitrogens with zero attached hydrogens (tertiary/aromatic N) is 6. The molecule has 0 unspecified atom stereocenters. The Labute approximate surface area is 194 Å². The largest absolute Gasteiger partial charge is 0.357 e. The maximum absolute atomic E-state index is 11.9. The zero-order valence-electron chi connectivity index (χ0n) is 18.8. The van der Waals surface area contributed by atoms with Crippen LogP contribution in [0, 0.1) is 6.92 Å². The van der Waals surface area contributed by atoms with E-state index in [2.05, 4.69) is 41.1 Å². The molecule has 34 heavy (non-hydrogen) atoms. The molecule has 0 saturated carbocycles. The number of aromatic nitrogens is 7. The molecule has 0 saturated heterocycles. The van der Waals surface area contributed by atoms with Gasteiger partial charge >= 0.3 is 0 Å². The predicted octanol–water partition coefficient (Wildman–Crippen LogP) is 3.05. The first-order valence-corrected chi connectivity index (χ1v) is 10.6. The third-order valence-electron chi connectivity index (χ3n) is 5.27. The van der Waals surface area contributed by atoms with Gasteiger partial charge in [-0.15, -0.1) is 0 Å². The van der Waals surface area contributed by atoms with Crippen LogP contribution in [0.15, 0.2) is 54.7 Å². The zero-order valence-corrected chi connectivity index (χ0v) is 18.8. The maximum Gasteiger partial charge on any atom is 0.251 e. The lowest BCUT2D eigenvalue weighted by atomic mass is 10.0. The Balaban J connectivity index is 1.63. The first-order chi connectivity index (χ1) is 16.6. The summed E-state index contributed by atoms with van der Waals surface area (Å²) in [6.07, 6.45) is 1.65. The summed E-state index contributed by atoms with van der Waals surface area (Å²) in [6, 6.07) is 15.2. The minimum atomic E-state index is -0.121. The molecule has 11 heteroatoms. The molecule has 3 heterocycles. The van der Waals surface area contributed by atoms with Gasteiger partial charge in [0, 0.05) is 25.7 Å². The molecule has 5 rings (SSSR count). The number of fused-ring (bicyclic) bond motifs is 1. The van der Waals surface area contributed by atoms with E-state index in [1.807, 2.05) is 41.8 Å². The standard InChI is InChI=1S/C23H22N10O/c1-13-27-21(25-3)31-22(28-13)33-18-9-8-16(14-4-6-15(7-5-14)20(34)24-2)12-17(18)29-23(33)30-19-10-11-26-32-19/h4-12H,1-3H3,(H,24,34)(H,25,27,28,31)(H2,26,29,30,32). The number of aryl methyl sites for hydroxylation is 1. The molecule has 0 aliphatic heterocycles. The van der Waals surface area contributed by atoms with Crippen LogP contribution in [0.5, 0.6) is 0 Å². The predicted molar refractivity (Wildman–Crippen MR) is 129 cm³/mol. The Hall–Kier alpha value is -4.80. The second-order valence-electron chi connectivity index (χ2n) is 7.48. The van der Waals surface area contributed by atoms with Crippen molar-refractivity contribution < 1.29 is 4.79 Å². The Bertz CT molecular complexity index is 1470. The summed E-state index contributed by atoms with van der Waals surface area (Å²) in [4.78, 5) is 30.0. The minimum Gasteiger partial charge on any atom is -0.357 e. The number of imidazole rings is 1. The van der Waals surface area contributed by atoms with Crippen LogP contribution in [0.3, 0.4) is 0 Å². The number of amides is 1. The highest BCUT2D eigenvalue weighted by molar-refractivity contribution is 5.94. The second kappa shape index (κ2) is 8.62. The molecule has 0 fully saturated rings. The Morgan fingerprint density at radius 3 is 2.44 bits per heavy atom. The topological polar surface area (TPSA) is 138 Å². The van der Waals surface area contributed by atoms with E-state index in [-0.39, 0.29) is 5.91 Å². The fourth-order valence-electron chi connectivity index (χ4n) is 3.63. The van der Waals surface area contributed by atoms with Crippen molar-refractivity contribution in [1.29, 1.82) is 0 Å². The molecule has 0 radical (unpaired) electrons. The number of aromatic amines is 1. The molecule has 0 aliphatic carbocycles. The van der Waals surface area contributed by atoms with Gasteiger partial charge in [-0.05, 0) is 42.3 Å². The van der Waals surface area contributed by atoms with Gasteiger partial charge in [0.2, 0.25) is 17.8 Å². The lowest BCUT2D eigenvalue weighted by molar-refractivity contribution is 0.0963. The van der Waals surface area contributed by atoms with Gasteiger partial charge < -0.3 is 16.0 Å². The van der Waals surface area contributed by atoms with Gasteiger partial charge in [-0.25, -0.2) is 9.55 Å². The highest BCUT2D eigenvalue weighted by atomic mass is 16.1. The van der Waals surface area contributed by atoms with Gasteiger partial charge in [-0.3, -0.25) is 9.89 Å². The first kappa shape index (κ1) is 21.1. The van der Waals surface area contributed by atoms with Crippen LogP contribution >= 0.6 is 0 Å². The number of carbonyl (C=O) groups excluding carboxylic acids is 1. The van der Waals surface area contributed by atoms with Gasteiger partial charge in [0.25, 0.3) is 5.91 Å². The van der Waals surface area contributed by atoms with Crippen molar-refractivity contribution in [2.24, 2.45) is 0 Å². The van der Waals surface area contributed by atoms with E-state index in [1.54, 1.807) is 38.5 Å². The van der Waals surface area contributed by atoms with E-state index in [0.29, 0.717) is 35.1 Å². The fourth-order valence-corrected chi connectivity index (χ4v) is 3.63. The highest BCUT2D eigenvalue weighted by Crippen LogP contribution is 2.29. The molecule has 170 valence electrons. The van der Waals surface area contributed by atoms with Crippen LogP contribution in [0.25, 0.3) is 28.1 Å². The molecule has 4 N–H and O–H groups in total. The number of H-pyrrole nitrogens is 1. The number of rotatable bonds is 6. The maximum atomic E-state index is 11.9. The lowest BCUT2D eigenvalue weighted by Gasteiger charge is -2.10. The average Bonchev–Trinajstić information content (AvgIpc) is 3.50. The SMILES string of the molecule is CNC(=O)c1ccc(-c2ccc3c(c2)nc(Nc2ccn[nH]2)n3-c2nc(C)nc(NC)n2)cc1. The number of anilines is 3. The number of hydrogen-bond donors (Lipinski definition) is 4. The molecule has 0 atom stereocenters. The number of nitrogens with one attached hydrogen (secondary N) is 4. The Morgan fingerprint density at radius 1 is 0.941 bits per heavy atom. The van der Waals surface area contributed by atoms with Crippen molar-refractivity contribution in [2.45, 2.75) is 6.92 Å². The summed E-state index contributed by atoms with van der Waals surface area (Å²) in [5, 5.41) is 15.7. The van der Waals surface area contributed by atoms with E-state index >= 15 is 0 Å². The third kappa shape index (κ3) is 3.90. The van der Waals surface area contributed by atoms with Crippen molar-refractivity contribution in [3.8, 4) is 17.1 Å². The van der Waals surface area contributed by atoms with Gasteiger partial charge in [0.1, 0.15) is 11.6 Å². The molecular formula is C23H22N10O. The van der Waals surface area contributed by atoms with Gasteiger partial charge in [-0.2, -0.15) is 20.1 Å². The molecule has 3 aromatic heterocycles. The van der Waals surface area contributed by atoms with Crippen molar-refractivity contribution >= 4 is 34.7 Å². The smallest absolute Gasteiger partial charge is 0.251 e. The molecule has 0 aliphatic rings. The number of benzene rings is 2. The van der Waals surface area contributed by atoms with Crippen LogP contribution in [0.2, 0.25) is 0 Å². The molecule has 0 bridgehead atoms. The summed E-state index contributed by atoms with van der Waals surface area (Å²) in [5.41, 5.74) is 4.12. The zero-order chi connectivity index (χ0) is 23.7. The van der Waals surface area contributed by atoms with Crippen LogP contribution in [-0.4, -0.2) is 54.7 Å². The van der Waals surface area contributed by atoms with E-state index < -0.39 is 0 Å². The van der Waals surface area contributed by atoms with E-state index in [4.69, 9.17) is 4.98 Å². The molecular weight excluding hydrogens is 432 g/mol. The van der Waals surface area contributed by atoms with Crippen molar-refractivity contribution in [3.05, 3.63) is 66.1 Å². The average molecular weight is 454 g/mol. The van der Waals surface area contributed by atoms with E-state index in [1.165, 1.54) is 0 Å². The summed E-state index contributed by atoms with van der Waals surface area (Å²) in [5.74, 6) is 2.56. The molecule has 11 nitrogen and oxygen atoms in total. The van der Waals surface area contributed by atoms with Crippen molar-refractivity contribution in [1.82, 2.24) is 40.0 Å². The molecule has 1 amide bonds. The highest BCUT2D eigenvalue weighted by Gasteiger charge is 2.17. The van der Waals surface area contributed by atoms with Crippen LogP contribution < -0.4 is 16.0 Å². The summed E-state index contributed by atoms with van der Waals surface area (Å²) >= 11 is 0. The molecule has 5 aromatic rings. The lowest BCUT2D eigenvalue weighted by Crippen LogP contribution is -2.17. The monoisotopic (exact) mass is 454 g/mol. The Morgan fingerprint density at radius 2 is 1.74 bits per heavy atom. The third-order valence-corrected chi connectivity index (χ3v) is 5.27. The summed E-state index contributed by atoms with van der Waals surface area (Å²) < 4.78 is 1.84. The Kier molecular flexibility index (Phi) is 5.34. The van der Waals surface area contributed by atoms with E-state index in [9.17, 15) is 4.79 Å². The second-order valence-corrected chi connectivity index (χ2v) is 7.48. The molecule has 2 aromatic carbocycles. The quantitative estimate of drug-likeness (QED) is 0.307. The van der Waals surface area contributed by atoms with E-state index in [0.717, 1.165) is 22.2 Å². The van der Waals surface area contributed by atoms with Gasteiger partial charge in [0.15, 0.2) is 0 Å². The van der Waals surface area contributed by atoms with Crippen molar-refractivity contribution in [2.75, 3.05) is 24.7 Å². The summed E-state index contributed by atoms with van der Waals surface area (Å²) in [6.45, 7) is 1.81. The van der Waals surface area contributed by atoms with Crippen LogP contribution in [0.1, 0.15) is 16.2 Å². The number of carbonyl (C=O) groups is 1. The summed E-state index contributed by atoms with van der Waals surface area (Å²) in [7, 11) is 3.37. The fraction of sp³-hybridized carbons (Fsp3) is 0.130.